The van der Waals surface area contributed by atoms with Gasteiger partial charge in [0.05, 0.1) is 23.8 Å². The van der Waals surface area contributed by atoms with E-state index in [1.165, 1.54) is 0 Å². The largest absolute Gasteiger partial charge is 0.343 e. The van der Waals surface area contributed by atoms with Crippen molar-refractivity contribution >= 4 is 15.7 Å². The third-order valence-electron chi connectivity index (χ3n) is 3.46. The van der Waals surface area contributed by atoms with Crippen LogP contribution in [0.15, 0.2) is 57.9 Å². The van der Waals surface area contributed by atoms with Crippen molar-refractivity contribution in [3.63, 3.8) is 0 Å². The van der Waals surface area contributed by atoms with Gasteiger partial charge < -0.3 is 9.47 Å². The molecule has 2 aliphatic rings. The number of aryl methyl sites for hydroxylation is 1. The monoisotopic (exact) mass is 319 g/mol. The van der Waals surface area contributed by atoms with E-state index < -0.39 is 15.8 Å². The van der Waals surface area contributed by atoms with Crippen molar-refractivity contribution in [1.29, 1.82) is 0 Å². The van der Waals surface area contributed by atoms with E-state index in [2.05, 4.69) is 4.40 Å². The van der Waals surface area contributed by atoms with Crippen LogP contribution in [0, 0.1) is 6.92 Å². The van der Waals surface area contributed by atoms with E-state index in [9.17, 15) is 8.42 Å². The first-order valence-corrected chi connectivity index (χ1v) is 8.51. The Labute approximate surface area is 130 Å². The van der Waals surface area contributed by atoms with E-state index in [-0.39, 0.29) is 4.90 Å². The van der Waals surface area contributed by atoms with Crippen molar-refractivity contribution in [3.8, 4) is 0 Å². The second kappa shape index (κ2) is 5.79. The van der Waals surface area contributed by atoms with Crippen LogP contribution in [0.5, 0.6) is 0 Å². The fourth-order valence-corrected chi connectivity index (χ4v) is 3.22. The van der Waals surface area contributed by atoms with Gasteiger partial charge >= 0.3 is 0 Å². The Morgan fingerprint density at radius 3 is 2.23 bits per heavy atom. The van der Waals surface area contributed by atoms with Crippen molar-refractivity contribution in [3.05, 3.63) is 54.1 Å². The minimum absolute atomic E-state index is 0.179. The van der Waals surface area contributed by atoms with Crippen molar-refractivity contribution < 1.29 is 17.9 Å². The minimum atomic E-state index is -3.72. The maximum Gasteiger partial charge on any atom is 0.282 e. The molecule has 0 aromatic heterocycles. The van der Waals surface area contributed by atoms with Crippen molar-refractivity contribution in [1.82, 2.24) is 0 Å². The molecule has 0 unspecified atom stereocenters. The van der Waals surface area contributed by atoms with Crippen LogP contribution in [0.1, 0.15) is 12.0 Å². The first-order chi connectivity index (χ1) is 10.5. The molecule has 6 heteroatoms. The van der Waals surface area contributed by atoms with E-state index in [4.69, 9.17) is 9.47 Å². The zero-order valence-electron chi connectivity index (χ0n) is 12.2. The van der Waals surface area contributed by atoms with Crippen LogP contribution in [0.3, 0.4) is 0 Å². The highest BCUT2D eigenvalue weighted by Crippen LogP contribution is 2.25. The number of sulfonamides is 1. The number of benzene rings is 1. The van der Waals surface area contributed by atoms with Crippen LogP contribution < -0.4 is 0 Å². The summed E-state index contributed by atoms with van der Waals surface area (Å²) >= 11 is 0. The molecule has 1 fully saturated rings. The molecule has 3 rings (SSSR count). The first kappa shape index (κ1) is 15.1. The molecule has 1 saturated heterocycles. The molecule has 1 aromatic rings. The molecule has 22 heavy (non-hydrogen) atoms. The molecule has 1 aliphatic carbocycles. The fraction of sp³-hybridized carbons (Fsp3) is 0.312. The highest BCUT2D eigenvalue weighted by atomic mass is 32.2. The summed E-state index contributed by atoms with van der Waals surface area (Å²) in [4.78, 5) is 0.179. The van der Waals surface area contributed by atoms with E-state index in [1.807, 2.05) is 6.92 Å². The summed E-state index contributed by atoms with van der Waals surface area (Å²) in [7, 11) is -3.72. The van der Waals surface area contributed by atoms with Crippen LogP contribution in [0.2, 0.25) is 0 Å². The average Bonchev–Trinajstić information content (AvgIpc) is 2.51. The van der Waals surface area contributed by atoms with Crippen molar-refractivity contribution in [2.45, 2.75) is 24.0 Å². The SMILES string of the molecule is Cc1ccc(S(=O)(=O)N=C2C=CC3(C=C2)OCCCO3)cc1. The Kier molecular flexibility index (Phi) is 3.99. The molecule has 0 bridgehead atoms. The number of ether oxygens (including phenoxy) is 2. The Hall–Kier alpha value is -1.76. The van der Waals surface area contributed by atoms with E-state index in [0.717, 1.165) is 12.0 Å². The lowest BCUT2D eigenvalue weighted by Crippen LogP contribution is -2.38. The van der Waals surface area contributed by atoms with Gasteiger partial charge in [0.25, 0.3) is 10.0 Å². The number of rotatable bonds is 2. The van der Waals surface area contributed by atoms with Crippen LogP contribution in [0.4, 0.5) is 0 Å². The Balaban J connectivity index is 1.83. The zero-order chi connectivity index (χ0) is 15.6. The van der Waals surface area contributed by atoms with Gasteiger partial charge in [-0.3, -0.25) is 0 Å². The molecule has 1 aromatic carbocycles. The average molecular weight is 319 g/mol. The van der Waals surface area contributed by atoms with E-state index >= 15 is 0 Å². The molecule has 0 radical (unpaired) electrons. The molecule has 0 N–H and O–H groups in total. The Morgan fingerprint density at radius 2 is 1.64 bits per heavy atom. The first-order valence-electron chi connectivity index (χ1n) is 7.07. The van der Waals surface area contributed by atoms with Crippen LogP contribution in [0.25, 0.3) is 0 Å². The summed E-state index contributed by atoms with van der Waals surface area (Å²) < 4.78 is 39.5. The third kappa shape index (κ3) is 3.19. The molecule has 1 aliphatic heterocycles. The molecule has 1 heterocycles. The highest BCUT2D eigenvalue weighted by Gasteiger charge is 2.31. The molecule has 116 valence electrons. The third-order valence-corrected chi connectivity index (χ3v) is 4.78. The molecular weight excluding hydrogens is 302 g/mol. The van der Waals surface area contributed by atoms with Crippen LogP contribution in [-0.2, 0) is 19.5 Å². The molecule has 5 nitrogen and oxygen atoms in total. The molecule has 0 amide bonds. The van der Waals surface area contributed by atoms with Gasteiger partial charge in [-0.15, -0.1) is 0 Å². The summed E-state index contributed by atoms with van der Waals surface area (Å²) in [5.41, 5.74) is 1.35. The Bertz CT molecular complexity index is 721. The Morgan fingerprint density at radius 1 is 1.05 bits per heavy atom. The van der Waals surface area contributed by atoms with Crippen molar-refractivity contribution in [2.24, 2.45) is 4.40 Å². The maximum absolute atomic E-state index is 12.3. The van der Waals surface area contributed by atoms with E-state index in [0.29, 0.717) is 18.9 Å². The van der Waals surface area contributed by atoms with Gasteiger partial charge in [0.1, 0.15) is 0 Å². The zero-order valence-corrected chi connectivity index (χ0v) is 13.0. The predicted octanol–water partition coefficient (Wildman–Crippen LogP) is 2.38. The molecule has 0 atom stereocenters. The molecule has 1 spiro atoms. The number of allylic oxidation sites excluding steroid dienone is 2. The lowest BCUT2D eigenvalue weighted by Gasteiger charge is -2.33. The summed E-state index contributed by atoms with van der Waals surface area (Å²) in [5.74, 6) is -0.870. The fourth-order valence-electron chi connectivity index (χ4n) is 2.23. The van der Waals surface area contributed by atoms with Gasteiger partial charge in [-0.05, 0) is 49.8 Å². The summed E-state index contributed by atoms with van der Waals surface area (Å²) in [6.45, 7) is 3.13. The lowest BCUT2D eigenvalue weighted by molar-refractivity contribution is -0.205. The van der Waals surface area contributed by atoms with Gasteiger partial charge in [0.2, 0.25) is 5.79 Å². The molecular formula is C16H17NO4S. The summed E-state index contributed by atoms with van der Waals surface area (Å²) in [6, 6.07) is 6.61. The summed E-state index contributed by atoms with van der Waals surface area (Å²) in [6.07, 6.45) is 7.45. The topological polar surface area (TPSA) is 65.0 Å². The van der Waals surface area contributed by atoms with Crippen LogP contribution in [-0.4, -0.2) is 33.1 Å². The standard InChI is InChI=1S/C16H17NO4S/c1-13-3-5-15(6-4-13)22(18,19)17-14-7-9-16(10-8-14)20-11-2-12-21-16/h3-10H,2,11-12H2,1H3. The lowest BCUT2D eigenvalue weighted by atomic mass is 10.1. The van der Waals surface area contributed by atoms with Gasteiger partial charge in [-0.2, -0.15) is 12.8 Å². The second-order valence-electron chi connectivity index (χ2n) is 5.24. The van der Waals surface area contributed by atoms with Crippen molar-refractivity contribution in [2.75, 3.05) is 13.2 Å². The second-order valence-corrected chi connectivity index (χ2v) is 6.85. The van der Waals surface area contributed by atoms with Crippen LogP contribution >= 0.6 is 0 Å². The van der Waals surface area contributed by atoms with Gasteiger partial charge in [-0.1, -0.05) is 17.7 Å². The number of nitrogens with zero attached hydrogens (tertiary/aromatic N) is 1. The minimum Gasteiger partial charge on any atom is -0.343 e. The molecule has 0 saturated carbocycles. The smallest absolute Gasteiger partial charge is 0.282 e. The quantitative estimate of drug-likeness (QED) is 0.839. The number of hydrogen-bond donors (Lipinski definition) is 0. The van der Waals surface area contributed by atoms with Gasteiger partial charge in [0, 0.05) is 0 Å². The van der Waals surface area contributed by atoms with Gasteiger partial charge in [-0.25, -0.2) is 0 Å². The van der Waals surface area contributed by atoms with E-state index in [1.54, 1.807) is 48.6 Å². The summed E-state index contributed by atoms with van der Waals surface area (Å²) in [5, 5.41) is 0. The normalized spacial score (nSPS) is 20.3. The van der Waals surface area contributed by atoms with Gasteiger partial charge in [0.15, 0.2) is 0 Å². The predicted molar refractivity (Wildman–Crippen MR) is 83.3 cm³/mol. The highest BCUT2D eigenvalue weighted by molar-refractivity contribution is 7.90. The maximum atomic E-state index is 12.3. The number of hydrogen-bond acceptors (Lipinski definition) is 4.